The highest BCUT2D eigenvalue weighted by Crippen LogP contribution is 2.43. The average Bonchev–Trinajstić information content (AvgIpc) is 2.96. The van der Waals surface area contributed by atoms with E-state index >= 15 is 0 Å². The molecule has 0 saturated carbocycles. The van der Waals surface area contributed by atoms with E-state index in [1.807, 2.05) is 29.7 Å². The Labute approximate surface area is 127 Å². The van der Waals surface area contributed by atoms with Gasteiger partial charge < -0.3 is 0 Å². The van der Waals surface area contributed by atoms with Gasteiger partial charge in [-0.15, -0.1) is 11.3 Å². The number of hydrogen-bond donors (Lipinski definition) is 0. The molecule has 0 bridgehead atoms. The summed E-state index contributed by atoms with van der Waals surface area (Å²) in [6.07, 6.45) is 1.86. The summed E-state index contributed by atoms with van der Waals surface area (Å²) in [5.41, 5.74) is 3.52. The first-order valence-electron chi connectivity index (χ1n) is 6.92. The van der Waals surface area contributed by atoms with Crippen molar-refractivity contribution < 1.29 is 0 Å². The molecule has 2 aromatic heterocycles. The molecule has 0 N–H and O–H groups in total. The lowest BCUT2D eigenvalue weighted by atomic mass is 10.0. The molecule has 0 spiro atoms. The van der Waals surface area contributed by atoms with Crippen molar-refractivity contribution in [3.05, 3.63) is 79.0 Å². The van der Waals surface area contributed by atoms with Gasteiger partial charge in [-0.3, -0.25) is 4.98 Å². The molecule has 0 saturated heterocycles. The molecule has 4 aromatic rings. The van der Waals surface area contributed by atoms with Gasteiger partial charge in [0.25, 0.3) is 0 Å². The number of fused-ring (bicyclic) bond motifs is 1. The quantitative estimate of drug-likeness (QED) is 0.465. The Morgan fingerprint density at radius 3 is 2.29 bits per heavy atom. The lowest BCUT2D eigenvalue weighted by molar-refractivity contribution is 1.34. The van der Waals surface area contributed by atoms with Crippen LogP contribution in [0.1, 0.15) is 0 Å². The standard InChI is InChI=1S/C19H13NS/c1-2-8-14(9-3-1)19-18(16-11-6-7-13-20-16)15-10-4-5-12-17(15)21-19/h1-13H. The fourth-order valence-electron chi connectivity index (χ4n) is 2.60. The molecule has 100 valence electrons. The van der Waals surface area contributed by atoms with Crippen molar-refractivity contribution in [2.45, 2.75) is 0 Å². The fourth-order valence-corrected chi connectivity index (χ4v) is 3.82. The lowest BCUT2D eigenvalue weighted by Crippen LogP contribution is -1.83. The molecule has 0 fully saturated rings. The van der Waals surface area contributed by atoms with Crippen LogP contribution < -0.4 is 0 Å². The normalized spacial score (nSPS) is 10.9. The average molecular weight is 287 g/mol. The van der Waals surface area contributed by atoms with E-state index in [1.54, 1.807) is 0 Å². The smallest absolute Gasteiger partial charge is 0.0722 e. The second-order valence-corrected chi connectivity index (χ2v) is 5.94. The minimum Gasteiger partial charge on any atom is -0.256 e. The molecular formula is C19H13NS. The Bertz CT molecular complexity index is 879. The van der Waals surface area contributed by atoms with Crippen molar-refractivity contribution in [2.24, 2.45) is 0 Å². The van der Waals surface area contributed by atoms with Gasteiger partial charge in [0, 0.05) is 26.7 Å². The summed E-state index contributed by atoms with van der Waals surface area (Å²) >= 11 is 1.83. The van der Waals surface area contributed by atoms with Gasteiger partial charge in [0.1, 0.15) is 0 Å². The first-order chi connectivity index (χ1) is 10.4. The predicted octanol–water partition coefficient (Wildman–Crippen LogP) is 5.63. The Morgan fingerprint density at radius 1 is 0.714 bits per heavy atom. The summed E-state index contributed by atoms with van der Waals surface area (Å²) in [5.74, 6) is 0. The largest absolute Gasteiger partial charge is 0.256 e. The molecule has 0 aliphatic heterocycles. The van der Waals surface area contributed by atoms with E-state index in [4.69, 9.17) is 0 Å². The van der Waals surface area contributed by atoms with Crippen molar-refractivity contribution in [3.63, 3.8) is 0 Å². The zero-order valence-corrected chi connectivity index (χ0v) is 12.2. The monoisotopic (exact) mass is 287 g/mol. The maximum Gasteiger partial charge on any atom is 0.0722 e. The van der Waals surface area contributed by atoms with Crippen molar-refractivity contribution >= 4 is 21.4 Å². The number of hydrogen-bond acceptors (Lipinski definition) is 2. The number of aromatic nitrogens is 1. The highest BCUT2D eigenvalue weighted by atomic mass is 32.1. The molecule has 0 unspecified atom stereocenters. The minimum absolute atomic E-state index is 1.04. The third-order valence-corrected chi connectivity index (χ3v) is 4.77. The van der Waals surface area contributed by atoms with Gasteiger partial charge in [0.05, 0.1) is 5.69 Å². The van der Waals surface area contributed by atoms with Gasteiger partial charge in [-0.2, -0.15) is 0 Å². The molecule has 0 atom stereocenters. The van der Waals surface area contributed by atoms with Gasteiger partial charge in [0.15, 0.2) is 0 Å². The van der Waals surface area contributed by atoms with Gasteiger partial charge in [-0.25, -0.2) is 0 Å². The molecule has 0 radical (unpaired) electrons. The van der Waals surface area contributed by atoms with Gasteiger partial charge in [-0.1, -0.05) is 54.6 Å². The Kier molecular flexibility index (Phi) is 3.02. The number of nitrogens with zero attached hydrogens (tertiary/aromatic N) is 1. The second kappa shape index (κ2) is 5.15. The van der Waals surface area contributed by atoms with Crippen LogP contribution in [0.3, 0.4) is 0 Å². The van der Waals surface area contributed by atoms with Crippen LogP contribution in [0.2, 0.25) is 0 Å². The summed E-state index contributed by atoms with van der Waals surface area (Å²) in [6, 6.07) is 25.2. The van der Waals surface area contributed by atoms with E-state index in [0.29, 0.717) is 0 Å². The van der Waals surface area contributed by atoms with Crippen LogP contribution in [0.25, 0.3) is 31.8 Å². The Morgan fingerprint density at radius 2 is 1.48 bits per heavy atom. The molecule has 21 heavy (non-hydrogen) atoms. The van der Waals surface area contributed by atoms with Gasteiger partial charge in [0.2, 0.25) is 0 Å². The molecule has 0 amide bonds. The zero-order chi connectivity index (χ0) is 14.1. The third-order valence-electron chi connectivity index (χ3n) is 3.55. The first kappa shape index (κ1) is 12.3. The van der Waals surface area contributed by atoms with E-state index in [0.717, 1.165) is 5.69 Å². The summed E-state index contributed by atoms with van der Waals surface area (Å²) in [6.45, 7) is 0. The van der Waals surface area contributed by atoms with E-state index < -0.39 is 0 Å². The number of thiophene rings is 1. The molecule has 2 aromatic carbocycles. The van der Waals surface area contributed by atoms with E-state index in [2.05, 4.69) is 65.6 Å². The maximum atomic E-state index is 4.56. The van der Waals surface area contributed by atoms with Crippen LogP contribution in [0.5, 0.6) is 0 Å². The number of pyridine rings is 1. The zero-order valence-electron chi connectivity index (χ0n) is 11.4. The molecule has 4 rings (SSSR count). The van der Waals surface area contributed by atoms with Gasteiger partial charge >= 0.3 is 0 Å². The van der Waals surface area contributed by atoms with Crippen molar-refractivity contribution in [1.29, 1.82) is 0 Å². The van der Waals surface area contributed by atoms with Crippen LogP contribution in [0, 0.1) is 0 Å². The van der Waals surface area contributed by atoms with Crippen LogP contribution in [-0.2, 0) is 0 Å². The maximum absolute atomic E-state index is 4.56. The highest BCUT2D eigenvalue weighted by molar-refractivity contribution is 7.23. The molecule has 2 heterocycles. The van der Waals surface area contributed by atoms with Crippen LogP contribution >= 0.6 is 11.3 Å². The van der Waals surface area contributed by atoms with Gasteiger partial charge in [-0.05, 0) is 23.8 Å². The Balaban J connectivity index is 2.07. The molecule has 0 aliphatic carbocycles. The fraction of sp³-hybridized carbons (Fsp3) is 0. The van der Waals surface area contributed by atoms with Crippen LogP contribution in [-0.4, -0.2) is 4.98 Å². The first-order valence-corrected chi connectivity index (χ1v) is 7.73. The van der Waals surface area contributed by atoms with Crippen LogP contribution in [0.4, 0.5) is 0 Å². The predicted molar refractivity (Wildman–Crippen MR) is 90.5 cm³/mol. The molecular weight excluding hydrogens is 274 g/mol. The molecule has 1 nitrogen and oxygen atoms in total. The van der Waals surface area contributed by atoms with Crippen molar-refractivity contribution in [2.75, 3.05) is 0 Å². The van der Waals surface area contributed by atoms with E-state index in [1.165, 1.54) is 26.1 Å². The van der Waals surface area contributed by atoms with Crippen molar-refractivity contribution in [1.82, 2.24) is 4.98 Å². The summed E-state index contributed by atoms with van der Waals surface area (Å²) in [5, 5.41) is 1.28. The van der Waals surface area contributed by atoms with E-state index in [9.17, 15) is 0 Å². The molecule has 2 heteroatoms. The minimum atomic E-state index is 1.04. The topological polar surface area (TPSA) is 12.9 Å². The second-order valence-electron chi connectivity index (χ2n) is 4.88. The van der Waals surface area contributed by atoms with E-state index in [-0.39, 0.29) is 0 Å². The van der Waals surface area contributed by atoms with Crippen LogP contribution in [0.15, 0.2) is 79.0 Å². The highest BCUT2D eigenvalue weighted by Gasteiger charge is 2.15. The third kappa shape index (κ3) is 2.14. The number of rotatable bonds is 2. The summed E-state index contributed by atoms with van der Waals surface area (Å²) < 4.78 is 1.30. The molecule has 0 aliphatic rings. The Hall–Kier alpha value is -2.45. The summed E-state index contributed by atoms with van der Waals surface area (Å²) in [4.78, 5) is 5.85. The lowest BCUT2D eigenvalue weighted by Gasteiger charge is -2.04. The van der Waals surface area contributed by atoms with Crippen molar-refractivity contribution in [3.8, 4) is 21.7 Å². The SMILES string of the molecule is c1ccc(-c2sc3ccccc3c2-c2ccccn2)cc1. The summed E-state index contributed by atoms with van der Waals surface area (Å²) in [7, 11) is 0. The number of benzene rings is 2.